The van der Waals surface area contributed by atoms with Gasteiger partial charge in [0.1, 0.15) is 11.6 Å². The van der Waals surface area contributed by atoms with Gasteiger partial charge in [0.15, 0.2) is 0 Å². The van der Waals surface area contributed by atoms with Crippen molar-refractivity contribution < 1.29 is 8.78 Å². The van der Waals surface area contributed by atoms with Crippen LogP contribution in [0.25, 0.3) is 11.3 Å². The number of nitrogens with two attached hydrogens (primary N) is 1. The van der Waals surface area contributed by atoms with Crippen molar-refractivity contribution in [3.8, 4) is 11.3 Å². The van der Waals surface area contributed by atoms with Crippen molar-refractivity contribution in [3.63, 3.8) is 0 Å². The van der Waals surface area contributed by atoms with Crippen LogP contribution < -0.4 is 5.73 Å². The zero-order valence-corrected chi connectivity index (χ0v) is 8.32. The molecule has 0 saturated heterocycles. The van der Waals surface area contributed by atoms with E-state index in [1.807, 2.05) is 0 Å². The van der Waals surface area contributed by atoms with E-state index < -0.39 is 11.6 Å². The fraction of sp³-hybridized carbons (Fsp3) is 0.0909. The number of aromatic nitrogens is 2. The summed E-state index contributed by atoms with van der Waals surface area (Å²) in [5, 5.41) is 0. The zero-order chi connectivity index (χ0) is 11.5. The Kier molecular flexibility index (Phi) is 2.87. The van der Waals surface area contributed by atoms with E-state index in [-0.39, 0.29) is 17.8 Å². The number of halogens is 2. The molecule has 0 aliphatic rings. The minimum absolute atomic E-state index is 0.0859. The summed E-state index contributed by atoms with van der Waals surface area (Å²) in [7, 11) is 0. The van der Waals surface area contributed by atoms with Crippen LogP contribution in [0.2, 0.25) is 0 Å². The summed E-state index contributed by atoms with van der Waals surface area (Å²) >= 11 is 0. The van der Waals surface area contributed by atoms with E-state index in [4.69, 9.17) is 5.73 Å². The van der Waals surface area contributed by atoms with E-state index in [1.165, 1.54) is 12.4 Å². The van der Waals surface area contributed by atoms with E-state index in [0.717, 1.165) is 18.2 Å². The second kappa shape index (κ2) is 4.32. The number of hydrogen-bond acceptors (Lipinski definition) is 3. The Balaban J connectivity index is 2.53. The quantitative estimate of drug-likeness (QED) is 0.842. The van der Waals surface area contributed by atoms with Crippen molar-refractivity contribution in [1.82, 2.24) is 9.97 Å². The van der Waals surface area contributed by atoms with Crippen molar-refractivity contribution >= 4 is 0 Å². The summed E-state index contributed by atoms with van der Waals surface area (Å²) in [6.45, 7) is 0.206. The number of hydrogen-bond donors (Lipinski definition) is 1. The first-order chi connectivity index (χ1) is 7.70. The first-order valence-electron chi connectivity index (χ1n) is 4.67. The maximum absolute atomic E-state index is 13.4. The highest BCUT2D eigenvalue weighted by Crippen LogP contribution is 2.21. The van der Waals surface area contributed by atoms with Crippen molar-refractivity contribution in [2.75, 3.05) is 0 Å². The Bertz CT molecular complexity index is 514. The topological polar surface area (TPSA) is 51.8 Å². The Hall–Kier alpha value is -1.88. The average Bonchev–Trinajstić information content (AvgIpc) is 2.32. The Morgan fingerprint density at radius 2 is 2.00 bits per heavy atom. The average molecular weight is 221 g/mol. The lowest BCUT2D eigenvalue weighted by Gasteiger charge is -2.03. The SMILES string of the molecule is NCc1cncc(-c2cc(F)ccc2F)n1. The lowest BCUT2D eigenvalue weighted by atomic mass is 10.1. The molecule has 0 saturated carbocycles. The van der Waals surface area contributed by atoms with Crippen LogP contribution in [0.4, 0.5) is 8.78 Å². The largest absolute Gasteiger partial charge is 0.325 e. The highest BCUT2D eigenvalue weighted by Gasteiger charge is 2.08. The first-order valence-corrected chi connectivity index (χ1v) is 4.67. The van der Waals surface area contributed by atoms with Crippen molar-refractivity contribution in [2.45, 2.75) is 6.54 Å². The maximum Gasteiger partial charge on any atom is 0.132 e. The van der Waals surface area contributed by atoms with Crippen LogP contribution in [0, 0.1) is 11.6 Å². The second-order valence-electron chi connectivity index (χ2n) is 3.22. The van der Waals surface area contributed by atoms with Crippen molar-refractivity contribution in [1.29, 1.82) is 0 Å². The number of benzene rings is 1. The summed E-state index contributed by atoms with van der Waals surface area (Å²) in [5.74, 6) is -1.05. The normalized spacial score (nSPS) is 10.4. The minimum atomic E-state index is -0.537. The smallest absolute Gasteiger partial charge is 0.132 e. The van der Waals surface area contributed by atoms with Crippen LogP contribution in [0.3, 0.4) is 0 Å². The Labute approximate surface area is 91.0 Å². The van der Waals surface area contributed by atoms with Crippen LogP contribution in [-0.2, 0) is 6.54 Å². The molecule has 0 aliphatic carbocycles. The zero-order valence-electron chi connectivity index (χ0n) is 8.32. The van der Waals surface area contributed by atoms with Gasteiger partial charge in [0.2, 0.25) is 0 Å². The van der Waals surface area contributed by atoms with Gasteiger partial charge in [0, 0.05) is 18.3 Å². The third kappa shape index (κ3) is 2.04. The molecule has 5 heteroatoms. The molecule has 0 atom stereocenters. The minimum Gasteiger partial charge on any atom is -0.325 e. The van der Waals surface area contributed by atoms with E-state index >= 15 is 0 Å². The predicted octanol–water partition coefficient (Wildman–Crippen LogP) is 1.88. The first kappa shape index (κ1) is 10.6. The van der Waals surface area contributed by atoms with Crippen LogP contribution in [0.5, 0.6) is 0 Å². The number of rotatable bonds is 2. The van der Waals surface area contributed by atoms with Gasteiger partial charge in [-0.05, 0) is 18.2 Å². The van der Waals surface area contributed by atoms with Gasteiger partial charge in [-0.25, -0.2) is 13.8 Å². The van der Waals surface area contributed by atoms with E-state index in [2.05, 4.69) is 9.97 Å². The molecule has 1 aromatic heterocycles. The maximum atomic E-state index is 13.4. The lowest BCUT2D eigenvalue weighted by molar-refractivity contribution is 0.602. The van der Waals surface area contributed by atoms with E-state index in [1.54, 1.807) is 0 Å². The van der Waals surface area contributed by atoms with Crippen LogP contribution >= 0.6 is 0 Å². The monoisotopic (exact) mass is 221 g/mol. The Morgan fingerprint density at radius 3 is 2.75 bits per heavy atom. The molecule has 0 fully saturated rings. The molecule has 0 aliphatic heterocycles. The standard InChI is InChI=1S/C11H9F2N3/c12-7-1-2-10(13)9(3-7)11-6-15-5-8(4-14)16-11/h1-3,5-6H,4,14H2. The molecule has 1 heterocycles. The molecule has 1 aromatic carbocycles. The van der Waals surface area contributed by atoms with Gasteiger partial charge in [0.05, 0.1) is 17.6 Å². The van der Waals surface area contributed by atoms with Gasteiger partial charge in [-0.3, -0.25) is 4.98 Å². The molecule has 0 radical (unpaired) electrons. The molecular formula is C11H9F2N3. The summed E-state index contributed by atoms with van der Waals surface area (Å²) in [5.41, 5.74) is 6.29. The van der Waals surface area contributed by atoms with Crippen LogP contribution in [0.1, 0.15) is 5.69 Å². The van der Waals surface area contributed by atoms with E-state index in [0.29, 0.717) is 5.69 Å². The molecule has 2 rings (SSSR count). The molecule has 0 bridgehead atoms. The second-order valence-corrected chi connectivity index (χ2v) is 3.22. The van der Waals surface area contributed by atoms with Gasteiger partial charge in [0.25, 0.3) is 0 Å². The fourth-order valence-electron chi connectivity index (χ4n) is 1.33. The summed E-state index contributed by atoms with van der Waals surface area (Å²) in [6, 6.07) is 3.19. The summed E-state index contributed by atoms with van der Waals surface area (Å²) in [6.07, 6.45) is 2.86. The molecule has 3 nitrogen and oxygen atoms in total. The third-order valence-corrected chi connectivity index (χ3v) is 2.10. The molecule has 0 amide bonds. The number of nitrogens with zero attached hydrogens (tertiary/aromatic N) is 2. The molecule has 2 aromatic rings. The van der Waals surface area contributed by atoms with Crippen molar-refractivity contribution in [3.05, 3.63) is 47.9 Å². The lowest BCUT2D eigenvalue weighted by Crippen LogP contribution is -2.01. The van der Waals surface area contributed by atoms with Gasteiger partial charge in [-0.2, -0.15) is 0 Å². The van der Waals surface area contributed by atoms with Crippen LogP contribution in [0.15, 0.2) is 30.6 Å². The van der Waals surface area contributed by atoms with Gasteiger partial charge in [-0.15, -0.1) is 0 Å². The van der Waals surface area contributed by atoms with Gasteiger partial charge >= 0.3 is 0 Å². The fourth-order valence-corrected chi connectivity index (χ4v) is 1.33. The molecule has 0 unspecified atom stereocenters. The molecule has 2 N–H and O–H groups in total. The highest BCUT2D eigenvalue weighted by atomic mass is 19.1. The van der Waals surface area contributed by atoms with Crippen molar-refractivity contribution in [2.24, 2.45) is 5.73 Å². The Morgan fingerprint density at radius 1 is 1.19 bits per heavy atom. The molecule has 82 valence electrons. The summed E-state index contributed by atoms with van der Waals surface area (Å²) < 4.78 is 26.4. The van der Waals surface area contributed by atoms with Gasteiger partial charge in [-0.1, -0.05) is 0 Å². The molecular weight excluding hydrogens is 212 g/mol. The molecule has 16 heavy (non-hydrogen) atoms. The third-order valence-electron chi connectivity index (χ3n) is 2.10. The van der Waals surface area contributed by atoms with E-state index in [9.17, 15) is 8.78 Å². The van der Waals surface area contributed by atoms with Gasteiger partial charge < -0.3 is 5.73 Å². The van der Waals surface area contributed by atoms with Crippen LogP contribution in [-0.4, -0.2) is 9.97 Å². The predicted molar refractivity (Wildman–Crippen MR) is 55.3 cm³/mol. The summed E-state index contributed by atoms with van der Waals surface area (Å²) in [4.78, 5) is 7.94. The molecule has 0 spiro atoms. The highest BCUT2D eigenvalue weighted by molar-refractivity contribution is 5.58.